The Kier molecular flexibility index (Phi) is 5.36. The van der Waals surface area contributed by atoms with Crippen LogP contribution in [0.5, 0.6) is 0 Å². The van der Waals surface area contributed by atoms with Crippen molar-refractivity contribution in [1.82, 2.24) is 25.0 Å². The van der Waals surface area contributed by atoms with Gasteiger partial charge in [-0.25, -0.2) is 4.98 Å². The molecule has 1 fully saturated rings. The number of hydrogen-bond acceptors (Lipinski definition) is 5. The second-order valence-electron chi connectivity index (χ2n) is 6.56. The van der Waals surface area contributed by atoms with Crippen LogP contribution in [-0.4, -0.2) is 58.8 Å². The molecule has 10 heteroatoms. The summed E-state index contributed by atoms with van der Waals surface area (Å²) in [6, 6.07) is 3.67. The fraction of sp³-hybridized carbons (Fsp3) is 0.471. The monoisotopic (exact) mass is 382 g/mol. The van der Waals surface area contributed by atoms with E-state index in [1.54, 1.807) is 6.20 Å². The molecule has 0 unspecified atom stereocenters. The summed E-state index contributed by atoms with van der Waals surface area (Å²) >= 11 is 0. The highest BCUT2D eigenvalue weighted by Crippen LogP contribution is 2.30. The van der Waals surface area contributed by atoms with Crippen LogP contribution < -0.4 is 10.2 Å². The van der Waals surface area contributed by atoms with Crippen molar-refractivity contribution in [2.75, 3.05) is 38.1 Å². The first-order valence-electron chi connectivity index (χ1n) is 8.51. The molecule has 0 saturated carbocycles. The Bertz CT molecular complexity index is 794. The maximum absolute atomic E-state index is 13.0. The number of hydrogen-bond donors (Lipinski definition) is 1. The van der Waals surface area contributed by atoms with Gasteiger partial charge in [0.1, 0.15) is 5.82 Å². The van der Waals surface area contributed by atoms with Gasteiger partial charge in [0, 0.05) is 52.2 Å². The van der Waals surface area contributed by atoms with Crippen LogP contribution in [0.1, 0.15) is 21.6 Å². The molecule has 0 aromatic carbocycles. The maximum atomic E-state index is 13.0. The number of nitrogens with zero attached hydrogens (tertiary/aromatic N) is 5. The summed E-state index contributed by atoms with van der Waals surface area (Å²) in [6.45, 7) is 3.79. The van der Waals surface area contributed by atoms with Crippen molar-refractivity contribution in [2.24, 2.45) is 7.05 Å². The lowest BCUT2D eigenvalue weighted by molar-refractivity contribution is -0.141. The highest BCUT2D eigenvalue weighted by atomic mass is 19.4. The van der Waals surface area contributed by atoms with Gasteiger partial charge >= 0.3 is 6.18 Å². The molecular weight excluding hydrogens is 361 g/mol. The van der Waals surface area contributed by atoms with Gasteiger partial charge < -0.3 is 15.1 Å². The quantitative estimate of drug-likeness (QED) is 0.869. The minimum absolute atomic E-state index is 0.0844. The Labute approximate surface area is 154 Å². The van der Waals surface area contributed by atoms with Gasteiger partial charge in [-0.15, -0.1) is 0 Å². The zero-order valence-electron chi connectivity index (χ0n) is 15.1. The van der Waals surface area contributed by atoms with E-state index in [0.29, 0.717) is 5.56 Å². The SMILES string of the molecule is CN1CCN(c2ccc(CNC(=O)c3cn(C)nc3C(F)(F)F)cn2)CC1. The smallest absolute Gasteiger partial charge is 0.354 e. The van der Waals surface area contributed by atoms with E-state index >= 15 is 0 Å². The molecule has 2 aromatic rings. The number of carbonyl (C=O) groups is 1. The number of carbonyl (C=O) groups excluding carboxylic acids is 1. The highest BCUT2D eigenvalue weighted by molar-refractivity contribution is 5.95. The van der Waals surface area contributed by atoms with E-state index in [9.17, 15) is 18.0 Å². The molecule has 2 aromatic heterocycles. The average Bonchev–Trinajstić information content (AvgIpc) is 3.03. The van der Waals surface area contributed by atoms with E-state index in [-0.39, 0.29) is 6.54 Å². The minimum Gasteiger partial charge on any atom is -0.354 e. The van der Waals surface area contributed by atoms with Crippen LogP contribution >= 0.6 is 0 Å². The Morgan fingerprint density at radius 3 is 2.48 bits per heavy atom. The Morgan fingerprint density at radius 1 is 1.19 bits per heavy atom. The molecule has 1 aliphatic heterocycles. The van der Waals surface area contributed by atoms with Gasteiger partial charge in [-0.05, 0) is 18.7 Å². The van der Waals surface area contributed by atoms with E-state index in [1.807, 2.05) is 12.1 Å². The van der Waals surface area contributed by atoms with Crippen LogP contribution in [0.3, 0.4) is 0 Å². The fourth-order valence-electron chi connectivity index (χ4n) is 2.89. The number of likely N-dealkylation sites (N-methyl/N-ethyl adjacent to an activating group) is 1. The number of aryl methyl sites for hydroxylation is 1. The summed E-state index contributed by atoms with van der Waals surface area (Å²) in [5.74, 6) is 0.0309. The summed E-state index contributed by atoms with van der Waals surface area (Å²) in [7, 11) is 3.41. The Balaban J connectivity index is 1.61. The zero-order chi connectivity index (χ0) is 19.6. The number of amides is 1. The van der Waals surface area contributed by atoms with Crippen molar-refractivity contribution in [3.63, 3.8) is 0 Å². The van der Waals surface area contributed by atoms with Crippen LogP contribution in [0.25, 0.3) is 0 Å². The standard InChI is InChI=1S/C17H21F3N6O/c1-24-5-7-26(8-6-24)14-4-3-12(9-21-14)10-22-16(27)13-11-25(2)23-15(13)17(18,19)20/h3-4,9,11H,5-8,10H2,1-2H3,(H,22,27). The summed E-state index contributed by atoms with van der Waals surface area (Å²) in [6.07, 6.45) is -1.99. The van der Waals surface area contributed by atoms with Crippen LogP contribution in [0.15, 0.2) is 24.5 Å². The topological polar surface area (TPSA) is 66.3 Å². The first-order valence-corrected chi connectivity index (χ1v) is 8.51. The van der Waals surface area contributed by atoms with E-state index < -0.39 is 23.3 Å². The molecule has 0 bridgehead atoms. The molecule has 3 rings (SSSR count). The number of anilines is 1. The predicted molar refractivity (Wildman–Crippen MR) is 93.3 cm³/mol. The first kappa shape index (κ1) is 19.2. The van der Waals surface area contributed by atoms with Crippen molar-refractivity contribution in [2.45, 2.75) is 12.7 Å². The summed E-state index contributed by atoms with van der Waals surface area (Å²) in [4.78, 5) is 21.0. The van der Waals surface area contributed by atoms with Gasteiger partial charge in [0.05, 0.1) is 5.56 Å². The van der Waals surface area contributed by atoms with E-state index in [4.69, 9.17) is 0 Å². The molecule has 0 aliphatic carbocycles. The van der Waals surface area contributed by atoms with Crippen molar-refractivity contribution >= 4 is 11.7 Å². The lowest BCUT2D eigenvalue weighted by Gasteiger charge is -2.33. The molecule has 27 heavy (non-hydrogen) atoms. The summed E-state index contributed by atoms with van der Waals surface area (Å²) < 4.78 is 39.8. The average molecular weight is 382 g/mol. The first-order chi connectivity index (χ1) is 12.7. The number of piperazine rings is 1. The number of pyridine rings is 1. The molecule has 0 radical (unpaired) electrons. The fourth-order valence-corrected chi connectivity index (χ4v) is 2.89. The minimum atomic E-state index is -4.68. The Hall–Kier alpha value is -2.62. The van der Waals surface area contributed by atoms with Crippen molar-refractivity contribution in [3.8, 4) is 0 Å². The molecular formula is C17H21F3N6O. The van der Waals surface area contributed by atoms with Crippen molar-refractivity contribution in [3.05, 3.63) is 41.3 Å². The van der Waals surface area contributed by atoms with Gasteiger partial charge in [0.2, 0.25) is 0 Å². The van der Waals surface area contributed by atoms with Crippen LogP contribution in [-0.2, 0) is 19.8 Å². The Morgan fingerprint density at radius 2 is 1.89 bits per heavy atom. The third kappa shape index (κ3) is 4.57. The normalized spacial score (nSPS) is 15.8. The number of aromatic nitrogens is 3. The third-order valence-electron chi connectivity index (χ3n) is 4.43. The van der Waals surface area contributed by atoms with Crippen LogP contribution in [0.4, 0.5) is 19.0 Å². The highest BCUT2D eigenvalue weighted by Gasteiger charge is 2.38. The van der Waals surface area contributed by atoms with E-state index in [2.05, 4.69) is 32.2 Å². The number of halogens is 3. The molecule has 0 atom stereocenters. The van der Waals surface area contributed by atoms with Crippen molar-refractivity contribution < 1.29 is 18.0 Å². The van der Waals surface area contributed by atoms with Gasteiger partial charge in [0.25, 0.3) is 5.91 Å². The van der Waals surface area contributed by atoms with E-state index in [0.717, 1.165) is 42.9 Å². The van der Waals surface area contributed by atoms with Gasteiger partial charge in [-0.2, -0.15) is 18.3 Å². The summed E-state index contributed by atoms with van der Waals surface area (Å²) in [5, 5.41) is 5.83. The van der Waals surface area contributed by atoms with Crippen molar-refractivity contribution in [1.29, 1.82) is 0 Å². The molecule has 3 heterocycles. The molecule has 1 N–H and O–H groups in total. The zero-order valence-corrected chi connectivity index (χ0v) is 15.1. The number of rotatable bonds is 4. The van der Waals surface area contributed by atoms with Gasteiger partial charge in [-0.3, -0.25) is 9.48 Å². The molecule has 1 saturated heterocycles. The van der Waals surface area contributed by atoms with Crippen LogP contribution in [0, 0.1) is 0 Å². The predicted octanol–water partition coefficient (Wildman–Crippen LogP) is 1.52. The summed E-state index contributed by atoms with van der Waals surface area (Å²) in [5.41, 5.74) is -0.975. The van der Waals surface area contributed by atoms with Crippen LogP contribution in [0.2, 0.25) is 0 Å². The molecule has 7 nitrogen and oxygen atoms in total. The van der Waals surface area contributed by atoms with E-state index in [1.165, 1.54) is 7.05 Å². The molecule has 1 aliphatic rings. The number of alkyl halides is 3. The maximum Gasteiger partial charge on any atom is 0.435 e. The van der Waals surface area contributed by atoms with Gasteiger partial charge in [0.15, 0.2) is 5.69 Å². The largest absolute Gasteiger partial charge is 0.435 e. The molecule has 146 valence electrons. The molecule has 1 amide bonds. The van der Waals surface area contributed by atoms with Gasteiger partial charge in [-0.1, -0.05) is 6.07 Å². The third-order valence-corrected chi connectivity index (χ3v) is 4.43. The molecule has 0 spiro atoms. The lowest BCUT2D eigenvalue weighted by Crippen LogP contribution is -2.44. The lowest BCUT2D eigenvalue weighted by atomic mass is 10.2. The number of nitrogens with one attached hydrogen (secondary N) is 1. The second-order valence-corrected chi connectivity index (χ2v) is 6.56. The second kappa shape index (κ2) is 7.55.